The number of rotatable bonds is 6. The Labute approximate surface area is 118 Å². The van der Waals surface area contributed by atoms with Crippen molar-refractivity contribution in [1.29, 1.82) is 0 Å². The van der Waals surface area contributed by atoms with E-state index in [1.54, 1.807) is 30.3 Å². The molecule has 1 atom stereocenters. The quantitative estimate of drug-likeness (QED) is 0.826. The van der Waals surface area contributed by atoms with Crippen LogP contribution in [0.3, 0.4) is 0 Å². The third kappa shape index (κ3) is 5.42. The molecule has 3 N–H and O–H groups in total. The normalized spacial score (nSPS) is 12.3. The molecule has 0 aliphatic heterocycles. The highest BCUT2D eigenvalue weighted by molar-refractivity contribution is 7.94. The minimum Gasteiger partial charge on any atom is -0.480 e. The van der Waals surface area contributed by atoms with E-state index in [4.69, 9.17) is 10.8 Å². The van der Waals surface area contributed by atoms with Crippen LogP contribution in [-0.2, 0) is 20.4 Å². The van der Waals surface area contributed by atoms with Crippen LogP contribution in [0.15, 0.2) is 41.8 Å². The Balaban J connectivity index is 0.00000324. The molecule has 0 saturated carbocycles. The maximum Gasteiger partial charge on any atom is 0.320 e. The largest absolute Gasteiger partial charge is 0.480 e. The number of halogens is 1. The summed E-state index contributed by atoms with van der Waals surface area (Å²) in [6.07, 6.45) is -0.273. The summed E-state index contributed by atoms with van der Waals surface area (Å²) >= 11 is 0. The molecule has 106 valence electrons. The van der Waals surface area contributed by atoms with E-state index in [1.165, 1.54) is 0 Å². The molecular formula is C12H16ClNO4S. The first-order valence-corrected chi connectivity index (χ1v) is 6.91. The standard InChI is InChI=1S/C12H15NO4S.ClH/c1-9(7-11(13)12(14)15)18(16,17)8-10-5-3-2-4-6-10;/h2-6,11H,1,7-8,13H2,(H,14,15);1H. The Kier molecular flexibility index (Phi) is 6.75. The minimum atomic E-state index is -3.58. The molecule has 5 nitrogen and oxygen atoms in total. The van der Waals surface area contributed by atoms with Gasteiger partial charge in [0, 0.05) is 11.3 Å². The number of carboxylic acid groups (broad SMARTS) is 1. The summed E-state index contributed by atoms with van der Waals surface area (Å²) in [4.78, 5) is 10.4. The fourth-order valence-electron chi connectivity index (χ4n) is 1.36. The van der Waals surface area contributed by atoms with Gasteiger partial charge in [-0.25, -0.2) is 8.42 Å². The lowest BCUT2D eigenvalue weighted by atomic mass is 10.2. The topological polar surface area (TPSA) is 97.5 Å². The van der Waals surface area contributed by atoms with Gasteiger partial charge in [0.15, 0.2) is 9.84 Å². The van der Waals surface area contributed by atoms with Crippen LogP contribution in [0.25, 0.3) is 0 Å². The second-order valence-electron chi connectivity index (χ2n) is 3.93. The van der Waals surface area contributed by atoms with Gasteiger partial charge in [-0.1, -0.05) is 36.9 Å². The maximum absolute atomic E-state index is 11.9. The molecule has 7 heteroatoms. The van der Waals surface area contributed by atoms with E-state index in [0.717, 1.165) is 0 Å². The fourth-order valence-corrected chi connectivity index (χ4v) is 2.62. The maximum atomic E-state index is 11.9. The number of nitrogens with two attached hydrogens (primary N) is 1. The summed E-state index contributed by atoms with van der Waals surface area (Å²) in [6.45, 7) is 3.41. The Morgan fingerprint density at radius 3 is 2.32 bits per heavy atom. The predicted molar refractivity (Wildman–Crippen MR) is 75.7 cm³/mol. The van der Waals surface area contributed by atoms with Gasteiger partial charge in [0.05, 0.1) is 5.75 Å². The summed E-state index contributed by atoms with van der Waals surface area (Å²) in [5.74, 6) is -1.44. The molecule has 0 bridgehead atoms. The zero-order valence-corrected chi connectivity index (χ0v) is 11.8. The van der Waals surface area contributed by atoms with E-state index in [2.05, 4.69) is 6.58 Å². The van der Waals surface area contributed by atoms with E-state index in [-0.39, 0.29) is 29.5 Å². The molecule has 0 heterocycles. The molecule has 1 aromatic rings. The average Bonchev–Trinajstić information content (AvgIpc) is 2.29. The summed E-state index contributed by atoms with van der Waals surface area (Å²) in [6, 6.07) is 7.37. The van der Waals surface area contributed by atoms with Crippen LogP contribution in [0.2, 0.25) is 0 Å². The molecule has 0 aliphatic carbocycles. The summed E-state index contributed by atoms with van der Waals surface area (Å²) in [5.41, 5.74) is 5.91. The fraction of sp³-hybridized carbons (Fsp3) is 0.250. The van der Waals surface area contributed by atoms with Gasteiger partial charge in [-0.2, -0.15) is 0 Å². The zero-order chi connectivity index (χ0) is 13.8. The van der Waals surface area contributed by atoms with Gasteiger partial charge in [-0.3, -0.25) is 4.79 Å². The van der Waals surface area contributed by atoms with E-state index in [9.17, 15) is 13.2 Å². The Morgan fingerprint density at radius 1 is 1.32 bits per heavy atom. The Hall–Kier alpha value is -1.37. The number of sulfone groups is 1. The van der Waals surface area contributed by atoms with Gasteiger partial charge in [0.25, 0.3) is 0 Å². The molecule has 0 aromatic heterocycles. The van der Waals surface area contributed by atoms with Gasteiger partial charge >= 0.3 is 5.97 Å². The second kappa shape index (κ2) is 7.28. The van der Waals surface area contributed by atoms with Crippen molar-refractivity contribution in [2.24, 2.45) is 5.73 Å². The molecule has 0 saturated heterocycles. The lowest BCUT2D eigenvalue weighted by Crippen LogP contribution is -2.31. The van der Waals surface area contributed by atoms with Crippen LogP contribution in [-0.4, -0.2) is 25.5 Å². The van der Waals surface area contributed by atoms with Gasteiger partial charge in [-0.15, -0.1) is 12.4 Å². The molecule has 0 fully saturated rings. The van der Waals surface area contributed by atoms with Crippen molar-refractivity contribution in [3.63, 3.8) is 0 Å². The number of benzene rings is 1. The molecule has 1 rings (SSSR count). The number of hydrogen-bond donors (Lipinski definition) is 2. The first-order valence-electron chi connectivity index (χ1n) is 5.26. The van der Waals surface area contributed by atoms with E-state index in [0.29, 0.717) is 5.56 Å². The number of aliphatic carboxylic acids is 1. The monoisotopic (exact) mass is 305 g/mol. The molecule has 0 spiro atoms. The van der Waals surface area contributed by atoms with Crippen molar-refractivity contribution in [3.8, 4) is 0 Å². The van der Waals surface area contributed by atoms with Crippen molar-refractivity contribution in [2.75, 3.05) is 0 Å². The minimum absolute atomic E-state index is 0. The van der Waals surface area contributed by atoms with Crippen LogP contribution in [0, 0.1) is 0 Å². The van der Waals surface area contributed by atoms with Crippen LogP contribution in [0.5, 0.6) is 0 Å². The van der Waals surface area contributed by atoms with Crippen LogP contribution < -0.4 is 5.73 Å². The van der Waals surface area contributed by atoms with Crippen molar-refractivity contribution in [1.82, 2.24) is 0 Å². The molecule has 0 amide bonds. The van der Waals surface area contributed by atoms with E-state index >= 15 is 0 Å². The summed E-state index contributed by atoms with van der Waals surface area (Å²) < 4.78 is 23.8. The van der Waals surface area contributed by atoms with Crippen molar-refractivity contribution in [2.45, 2.75) is 18.2 Å². The number of hydrogen-bond acceptors (Lipinski definition) is 4. The van der Waals surface area contributed by atoms with Crippen molar-refractivity contribution < 1.29 is 18.3 Å². The van der Waals surface area contributed by atoms with Crippen LogP contribution in [0.1, 0.15) is 12.0 Å². The van der Waals surface area contributed by atoms with Crippen molar-refractivity contribution >= 4 is 28.2 Å². The molecule has 0 aliphatic rings. The SMILES string of the molecule is C=C(CC(N)C(=O)O)S(=O)(=O)Cc1ccccc1.Cl. The number of carbonyl (C=O) groups is 1. The average molecular weight is 306 g/mol. The van der Waals surface area contributed by atoms with E-state index < -0.39 is 21.8 Å². The lowest BCUT2D eigenvalue weighted by Gasteiger charge is -2.10. The van der Waals surface area contributed by atoms with Gasteiger partial charge in [-0.05, 0) is 5.56 Å². The van der Waals surface area contributed by atoms with E-state index in [1.807, 2.05) is 0 Å². The lowest BCUT2D eigenvalue weighted by molar-refractivity contribution is -0.138. The zero-order valence-electron chi connectivity index (χ0n) is 10.2. The molecular weight excluding hydrogens is 290 g/mol. The third-order valence-corrected chi connectivity index (χ3v) is 4.16. The predicted octanol–water partition coefficient (Wildman–Crippen LogP) is 1.34. The van der Waals surface area contributed by atoms with Gasteiger partial charge < -0.3 is 10.8 Å². The number of carboxylic acids is 1. The summed E-state index contributed by atoms with van der Waals surface area (Å²) in [7, 11) is -3.58. The molecule has 19 heavy (non-hydrogen) atoms. The summed E-state index contributed by atoms with van der Waals surface area (Å²) in [5, 5.41) is 8.63. The van der Waals surface area contributed by atoms with Crippen molar-refractivity contribution in [3.05, 3.63) is 47.4 Å². The van der Waals surface area contributed by atoms with Crippen LogP contribution in [0.4, 0.5) is 0 Å². The second-order valence-corrected chi connectivity index (χ2v) is 6.03. The first-order chi connectivity index (χ1) is 8.33. The molecule has 0 radical (unpaired) electrons. The smallest absolute Gasteiger partial charge is 0.320 e. The van der Waals surface area contributed by atoms with Gasteiger partial charge in [0.1, 0.15) is 6.04 Å². The Bertz CT molecular complexity index is 542. The highest BCUT2D eigenvalue weighted by Gasteiger charge is 2.22. The first kappa shape index (κ1) is 17.6. The van der Waals surface area contributed by atoms with Gasteiger partial charge in [0.2, 0.25) is 0 Å². The molecule has 1 unspecified atom stereocenters. The highest BCUT2D eigenvalue weighted by Crippen LogP contribution is 2.16. The third-order valence-electron chi connectivity index (χ3n) is 2.40. The Morgan fingerprint density at radius 2 is 1.84 bits per heavy atom. The van der Waals surface area contributed by atoms with Crippen LogP contribution >= 0.6 is 12.4 Å². The highest BCUT2D eigenvalue weighted by atomic mass is 35.5. The molecule has 1 aromatic carbocycles.